The fourth-order valence-corrected chi connectivity index (χ4v) is 3.72. The molecule has 1 amide bonds. The van der Waals surface area contributed by atoms with Gasteiger partial charge in [-0.2, -0.15) is 8.78 Å². The molecule has 0 aromatic carbocycles. The van der Waals surface area contributed by atoms with Crippen molar-refractivity contribution in [2.75, 3.05) is 10.6 Å². The molecule has 2 heterocycles. The summed E-state index contributed by atoms with van der Waals surface area (Å²) in [6.07, 6.45) is 3.37. The van der Waals surface area contributed by atoms with Crippen molar-refractivity contribution in [3.63, 3.8) is 0 Å². The number of pyridine rings is 2. The number of hydrogen-bond donors (Lipinski definition) is 2. The summed E-state index contributed by atoms with van der Waals surface area (Å²) in [7, 11) is -4.93. The van der Waals surface area contributed by atoms with Crippen LogP contribution in [0.1, 0.15) is 37.0 Å². The molecule has 11 heteroatoms. The first-order chi connectivity index (χ1) is 14.1. The van der Waals surface area contributed by atoms with Gasteiger partial charge in [0.1, 0.15) is 16.5 Å². The number of halogens is 2. The number of carbonyl (C=O) groups excluding carboxylic acids is 2. The Labute approximate surface area is 172 Å². The summed E-state index contributed by atoms with van der Waals surface area (Å²) in [6.45, 7) is 3.57. The molecule has 2 unspecified atom stereocenters. The number of nitrogens with one attached hydrogen (secondary N) is 2. The molecular weight excluding hydrogens is 418 g/mol. The molecule has 3 rings (SSSR count). The predicted octanol–water partition coefficient (Wildman–Crippen LogP) is 3.40. The van der Waals surface area contributed by atoms with Crippen LogP contribution in [0.3, 0.4) is 0 Å². The van der Waals surface area contributed by atoms with Crippen molar-refractivity contribution in [1.29, 1.82) is 0 Å². The predicted molar refractivity (Wildman–Crippen MR) is 105 cm³/mol. The lowest BCUT2D eigenvalue weighted by Crippen LogP contribution is -2.17. The minimum atomic E-state index is -4.93. The van der Waals surface area contributed by atoms with E-state index in [0.717, 1.165) is 12.5 Å². The lowest BCUT2D eigenvalue weighted by atomic mass is 10.1. The first-order valence-corrected chi connectivity index (χ1v) is 10.8. The molecule has 0 radical (unpaired) electrons. The van der Waals surface area contributed by atoms with Gasteiger partial charge in [-0.25, -0.2) is 18.4 Å². The molecule has 2 aromatic heterocycles. The van der Waals surface area contributed by atoms with E-state index in [-0.39, 0.29) is 52.8 Å². The summed E-state index contributed by atoms with van der Waals surface area (Å²) in [5.41, 5.74) is 0.210. The highest BCUT2D eigenvalue weighted by Crippen LogP contribution is 2.38. The Morgan fingerprint density at radius 2 is 2.00 bits per heavy atom. The van der Waals surface area contributed by atoms with Crippen molar-refractivity contribution in [1.82, 2.24) is 9.97 Å². The number of amides is 1. The van der Waals surface area contributed by atoms with Gasteiger partial charge < -0.3 is 10.6 Å². The second-order valence-electron chi connectivity index (χ2n) is 6.98. The number of alkyl halides is 2. The zero-order valence-electron chi connectivity index (χ0n) is 16.2. The summed E-state index contributed by atoms with van der Waals surface area (Å²) < 4.78 is 50.0. The molecular formula is C19H20F2N4O4S. The van der Waals surface area contributed by atoms with Gasteiger partial charge >= 0.3 is 5.76 Å². The Bertz CT molecular complexity index is 1090. The number of ketones is 1. The molecule has 1 aliphatic rings. The molecule has 2 N–H and O–H groups in total. The topological polar surface area (TPSA) is 118 Å². The van der Waals surface area contributed by atoms with Crippen LogP contribution in [0.15, 0.2) is 35.5 Å². The van der Waals surface area contributed by atoms with E-state index in [4.69, 9.17) is 0 Å². The van der Waals surface area contributed by atoms with Gasteiger partial charge in [-0.3, -0.25) is 9.59 Å². The molecule has 0 saturated heterocycles. The minimum absolute atomic E-state index is 0.0976. The number of hydrogen-bond acceptors (Lipinski definition) is 7. The van der Waals surface area contributed by atoms with Crippen molar-refractivity contribution in [2.45, 2.75) is 37.3 Å². The average Bonchev–Trinajstić information content (AvgIpc) is 3.44. The van der Waals surface area contributed by atoms with Crippen LogP contribution in [-0.2, 0) is 14.6 Å². The van der Waals surface area contributed by atoms with Crippen LogP contribution >= 0.6 is 0 Å². The Morgan fingerprint density at radius 3 is 2.60 bits per heavy atom. The van der Waals surface area contributed by atoms with Crippen molar-refractivity contribution < 1.29 is 26.8 Å². The number of rotatable bonds is 8. The maximum atomic E-state index is 13.0. The monoisotopic (exact) mass is 438 g/mol. The van der Waals surface area contributed by atoms with Crippen molar-refractivity contribution in [3.05, 3.63) is 36.2 Å². The van der Waals surface area contributed by atoms with Gasteiger partial charge in [-0.15, -0.1) is 0 Å². The Kier molecular flexibility index (Phi) is 6.11. The van der Waals surface area contributed by atoms with Gasteiger partial charge in [0.05, 0.1) is 11.3 Å². The normalized spacial score (nSPS) is 18.2. The highest BCUT2D eigenvalue weighted by atomic mass is 32.2. The van der Waals surface area contributed by atoms with E-state index in [1.807, 2.05) is 6.92 Å². The number of sulfone groups is 1. The maximum Gasteiger partial charge on any atom is 0.341 e. The third kappa shape index (κ3) is 4.45. The molecule has 1 aliphatic carbocycles. The van der Waals surface area contributed by atoms with Gasteiger partial charge in [0.15, 0.2) is 5.78 Å². The SMILES string of the molecule is CCC(=O)c1cnc(NC(=O)C2CC2C)cc1Nc1ncccc1S(=O)(=O)C(F)F. The molecule has 1 fully saturated rings. The maximum absolute atomic E-state index is 13.0. The lowest BCUT2D eigenvalue weighted by molar-refractivity contribution is -0.117. The van der Waals surface area contributed by atoms with Crippen LogP contribution in [0.4, 0.5) is 26.1 Å². The van der Waals surface area contributed by atoms with Crippen LogP contribution < -0.4 is 10.6 Å². The second kappa shape index (κ2) is 8.42. The quantitative estimate of drug-likeness (QED) is 0.607. The molecule has 2 aromatic rings. The molecule has 160 valence electrons. The second-order valence-corrected chi connectivity index (χ2v) is 8.87. The molecule has 2 atom stereocenters. The summed E-state index contributed by atoms with van der Waals surface area (Å²) >= 11 is 0. The minimum Gasteiger partial charge on any atom is -0.338 e. The number of nitrogens with zero attached hydrogens (tertiary/aromatic N) is 2. The van der Waals surface area contributed by atoms with Gasteiger partial charge in [0, 0.05) is 30.8 Å². The van der Waals surface area contributed by atoms with Gasteiger partial charge in [-0.1, -0.05) is 13.8 Å². The Hall–Kier alpha value is -2.95. The van der Waals surface area contributed by atoms with E-state index in [0.29, 0.717) is 0 Å². The molecule has 30 heavy (non-hydrogen) atoms. The number of carbonyl (C=O) groups is 2. The number of aromatic nitrogens is 2. The van der Waals surface area contributed by atoms with E-state index < -0.39 is 20.5 Å². The van der Waals surface area contributed by atoms with Gasteiger partial charge in [0.2, 0.25) is 15.7 Å². The van der Waals surface area contributed by atoms with E-state index in [1.54, 1.807) is 6.92 Å². The van der Waals surface area contributed by atoms with Crippen LogP contribution in [-0.4, -0.2) is 35.8 Å². The third-order valence-electron chi connectivity index (χ3n) is 4.79. The molecule has 1 saturated carbocycles. The summed E-state index contributed by atoms with van der Waals surface area (Å²) in [6, 6.07) is 3.56. The first kappa shape index (κ1) is 21.8. The number of anilines is 3. The molecule has 0 spiro atoms. The van der Waals surface area contributed by atoms with Crippen LogP contribution in [0.25, 0.3) is 0 Å². The smallest absolute Gasteiger partial charge is 0.338 e. The zero-order valence-corrected chi connectivity index (χ0v) is 17.0. The first-order valence-electron chi connectivity index (χ1n) is 9.23. The molecule has 0 bridgehead atoms. The summed E-state index contributed by atoms with van der Waals surface area (Å²) in [4.78, 5) is 31.7. The molecule has 8 nitrogen and oxygen atoms in total. The zero-order chi connectivity index (χ0) is 22.1. The highest BCUT2D eigenvalue weighted by Gasteiger charge is 2.39. The van der Waals surface area contributed by atoms with Crippen LogP contribution in [0.5, 0.6) is 0 Å². The standard InChI is InChI=1S/C19H20F2N4O4S/c1-3-14(26)12-9-23-16(25-18(27)11-7-10(11)2)8-13(12)24-17-15(5-4-6-22-17)30(28,29)19(20)21/h4-6,8-11,19H,3,7H2,1-2H3,(H2,22,23,24,25,27). The van der Waals surface area contributed by atoms with E-state index in [2.05, 4.69) is 20.6 Å². The van der Waals surface area contributed by atoms with Crippen molar-refractivity contribution >= 4 is 38.9 Å². The summed E-state index contributed by atoms with van der Waals surface area (Å²) in [5, 5.41) is 5.30. The van der Waals surface area contributed by atoms with E-state index in [9.17, 15) is 26.8 Å². The van der Waals surface area contributed by atoms with Crippen molar-refractivity contribution in [3.8, 4) is 0 Å². The van der Waals surface area contributed by atoms with E-state index >= 15 is 0 Å². The average molecular weight is 438 g/mol. The Morgan fingerprint density at radius 1 is 1.30 bits per heavy atom. The fourth-order valence-electron chi connectivity index (χ4n) is 2.88. The lowest BCUT2D eigenvalue weighted by Gasteiger charge is -2.15. The van der Waals surface area contributed by atoms with Gasteiger partial charge in [-0.05, 0) is 24.5 Å². The molecule has 0 aliphatic heterocycles. The van der Waals surface area contributed by atoms with E-state index in [1.165, 1.54) is 24.5 Å². The highest BCUT2D eigenvalue weighted by molar-refractivity contribution is 7.91. The number of Topliss-reactive ketones (excluding diaryl/α,β-unsaturated/α-hetero) is 1. The van der Waals surface area contributed by atoms with Gasteiger partial charge in [0.25, 0.3) is 0 Å². The van der Waals surface area contributed by atoms with Crippen molar-refractivity contribution in [2.24, 2.45) is 11.8 Å². The summed E-state index contributed by atoms with van der Waals surface area (Å²) in [5.74, 6) is -4.21. The third-order valence-corrected chi connectivity index (χ3v) is 6.20. The van der Waals surface area contributed by atoms with Crippen LogP contribution in [0, 0.1) is 11.8 Å². The fraction of sp³-hybridized carbons (Fsp3) is 0.368. The van der Waals surface area contributed by atoms with Crippen LogP contribution in [0.2, 0.25) is 0 Å². The largest absolute Gasteiger partial charge is 0.341 e. The Balaban J connectivity index is 1.99.